The van der Waals surface area contributed by atoms with Gasteiger partial charge in [-0.05, 0) is 12.0 Å². The average molecular weight is 260 g/mol. The molecule has 0 aromatic heterocycles. The molecule has 0 aliphatic carbocycles. The highest BCUT2D eigenvalue weighted by Crippen LogP contribution is 2.33. The highest BCUT2D eigenvalue weighted by Gasteiger charge is 2.52. The summed E-state index contributed by atoms with van der Waals surface area (Å²) >= 11 is 0. The number of hydrogen-bond donors (Lipinski definition) is 0. The SMILES string of the molecule is CN1CC2CC(C1=O)N2C(=O)OCc1ccccc1. The first-order chi connectivity index (χ1) is 9.16. The van der Waals surface area contributed by atoms with E-state index in [2.05, 4.69) is 0 Å². The number of hydrogen-bond acceptors (Lipinski definition) is 3. The van der Waals surface area contributed by atoms with Crippen molar-refractivity contribution < 1.29 is 14.3 Å². The van der Waals surface area contributed by atoms with Gasteiger partial charge in [0.15, 0.2) is 0 Å². The third-order valence-corrected chi connectivity index (χ3v) is 3.79. The van der Waals surface area contributed by atoms with Gasteiger partial charge in [0.25, 0.3) is 0 Å². The fourth-order valence-corrected chi connectivity index (χ4v) is 2.71. The Labute approximate surface area is 111 Å². The van der Waals surface area contributed by atoms with E-state index in [1.54, 1.807) is 16.8 Å². The van der Waals surface area contributed by atoms with Crippen LogP contribution in [0.3, 0.4) is 0 Å². The molecule has 0 N–H and O–H groups in total. The second kappa shape index (κ2) is 4.57. The van der Waals surface area contributed by atoms with Crippen molar-refractivity contribution in [2.45, 2.75) is 25.1 Å². The summed E-state index contributed by atoms with van der Waals surface area (Å²) in [4.78, 5) is 27.1. The molecule has 0 spiro atoms. The van der Waals surface area contributed by atoms with Crippen molar-refractivity contribution in [3.63, 3.8) is 0 Å². The molecule has 3 aliphatic rings. The summed E-state index contributed by atoms with van der Waals surface area (Å²) in [5.74, 6) is 0.0131. The fourth-order valence-electron chi connectivity index (χ4n) is 2.71. The Balaban J connectivity index is 1.59. The van der Waals surface area contributed by atoms with Gasteiger partial charge >= 0.3 is 6.09 Å². The van der Waals surface area contributed by atoms with Gasteiger partial charge in [0, 0.05) is 13.6 Å². The Morgan fingerprint density at radius 3 is 2.79 bits per heavy atom. The minimum absolute atomic E-state index is 0.0131. The lowest BCUT2D eigenvalue weighted by Gasteiger charge is -2.53. The maximum absolute atomic E-state index is 12.0. The van der Waals surface area contributed by atoms with Crippen LogP contribution in [0.25, 0.3) is 0 Å². The zero-order valence-electron chi connectivity index (χ0n) is 10.8. The van der Waals surface area contributed by atoms with Crippen molar-refractivity contribution in [1.82, 2.24) is 9.80 Å². The number of likely N-dealkylation sites (N-methyl/N-ethyl adjacent to an activating group) is 1. The van der Waals surface area contributed by atoms with Crippen LogP contribution in [0.1, 0.15) is 12.0 Å². The van der Waals surface area contributed by atoms with Gasteiger partial charge < -0.3 is 9.64 Å². The summed E-state index contributed by atoms with van der Waals surface area (Å²) in [6.45, 7) is 0.857. The van der Waals surface area contributed by atoms with Crippen molar-refractivity contribution >= 4 is 12.0 Å². The average Bonchev–Trinajstić information content (AvgIpc) is 2.40. The molecule has 3 fully saturated rings. The summed E-state index contributed by atoms with van der Waals surface area (Å²) in [6.07, 6.45) is 0.385. The minimum Gasteiger partial charge on any atom is -0.445 e. The smallest absolute Gasteiger partial charge is 0.411 e. The van der Waals surface area contributed by atoms with E-state index in [0.717, 1.165) is 12.0 Å². The number of piperidine rings is 1. The standard InChI is InChI=1S/C14H16N2O3/c1-15-8-11-7-12(13(15)17)16(11)14(18)19-9-10-5-3-2-4-6-10/h2-6,11-12H,7-9H2,1H3. The summed E-state index contributed by atoms with van der Waals surface area (Å²) in [7, 11) is 1.77. The molecule has 0 radical (unpaired) electrons. The molecule has 2 bridgehead atoms. The molecule has 5 nitrogen and oxygen atoms in total. The van der Waals surface area contributed by atoms with E-state index >= 15 is 0 Å². The van der Waals surface area contributed by atoms with Crippen LogP contribution in [-0.2, 0) is 16.1 Å². The number of fused-ring (bicyclic) bond motifs is 2. The number of carbonyl (C=O) groups is 2. The summed E-state index contributed by atoms with van der Waals surface area (Å²) < 4.78 is 5.27. The number of carbonyl (C=O) groups excluding carboxylic acids is 2. The number of benzene rings is 1. The Morgan fingerprint density at radius 2 is 2.11 bits per heavy atom. The van der Waals surface area contributed by atoms with Crippen LogP contribution < -0.4 is 0 Å². The van der Waals surface area contributed by atoms with Gasteiger partial charge in [0.2, 0.25) is 5.91 Å². The molecule has 0 saturated carbocycles. The van der Waals surface area contributed by atoms with E-state index < -0.39 is 0 Å². The predicted molar refractivity (Wildman–Crippen MR) is 68.3 cm³/mol. The topological polar surface area (TPSA) is 49.9 Å². The van der Waals surface area contributed by atoms with Crippen molar-refractivity contribution in [3.8, 4) is 0 Å². The number of nitrogens with zero attached hydrogens (tertiary/aromatic N) is 2. The molecule has 2 atom stereocenters. The van der Waals surface area contributed by atoms with E-state index in [0.29, 0.717) is 6.54 Å². The molecule has 1 aromatic rings. The first-order valence-electron chi connectivity index (χ1n) is 6.41. The van der Waals surface area contributed by atoms with E-state index in [-0.39, 0.29) is 30.7 Å². The molecule has 2 amide bonds. The first-order valence-corrected chi connectivity index (χ1v) is 6.41. The van der Waals surface area contributed by atoms with Gasteiger partial charge in [0.1, 0.15) is 12.6 Å². The Kier molecular flexibility index (Phi) is 2.89. The molecule has 100 valence electrons. The third kappa shape index (κ3) is 2.05. The minimum atomic E-state index is -0.383. The second-order valence-electron chi connectivity index (χ2n) is 5.07. The van der Waals surface area contributed by atoms with Crippen LogP contribution >= 0.6 is 0 Å². The number of ether oxygens (including phenoxy) is 1. The van der Waals surface area contributed by atoms with Crippen LogP contribution in [0.5, 0.6) is 0 Å². The van der Waals surface area contributed by atoms with Gasteiger partial charge in [0.05, 0.1) is 6.04 Å². The lowest BCUT2D eigenvalue weighted by molar-refractivity contribution is -0.154. The Bertz CT molecular complexity index is 503. The van der Waals surface area contributed by atoms with Crippen molar-refractivity contribution in [2.75, 3.05) is 13.6 Å². The van der Waals surface area contributed by atoms with Crippen molar-refractivity contribution in [2.24, 2.45) is 0 Å². The molecular weight excluding hydrogens is 244 g/mol. The van der Waals surface area contributed by atoms with Gasteiger partial charge in [-0.15, -0.1) is 0 Å². The van der Waals surface area contributed by atoms with Gasteiger partial charge in [-0.3, -0.25) is 9.69 Å². The molecular formula is C14H16N2O3. The molecule has 2 unspecified atom stereocenters. The Morgan fingerprint density at radius 1 is 1.37 bits per heavy atom. The van der Waals surface area contributed by atoms with Gasteiger partial charge in [-0.25, -0.2) is 4.79 Å². The van der Waals surface area contributed by atoms with Crippen LogP contribution in [0.4, 0.5) is 4.79 Å². The number of piperazine rings is 1. The molecule has 3 aliphatic heterocycles. The number of rotatable bonds is 2. The van der Waals surface area contributed by atoms with Crippen LogP contribution in [-0.4, -0.2) is 47.5 Å². The maximum atomic E-state index is 12.0. The highest BCUT2D eigenvalue weighted by atomic mass is 16.6. The Hall–Kier alpha value is -2.04. The predicted octanol–water partition coefficient (Wildman–Crippen LogP) is 1.24. The third-order valence-electron chi connectivity index (χ3n) is 3.79. The lowest BCUT2D eigenvalue weighted by atomic mass is 9.88. The van der Waals surface area contributed by atoms with E-state index in [1.807, 2.05) is 30.3 Å². The monoisotopic (exact) mass is 260 g/mol. The molecule has 1 aromatic carbocycles. The molecule has 4 rings (SSSR count). The quantitative estimate of drug-likeness (QED) is 0.804. The fraction of sp³-hybridized carbons (Fsp3) is 0.429. The largest absolute Gasteiger partial charge is 0.445 e. The zero-order valence-corrected chi connectivity index (χ0v) is 10.8. The van der Waals surface area contributed by atoms with Crippen LogP contribution in [0.15, 0.2) is 30.3 Å². The summed E-state index contributed by atoms with van der Waals surface area (Å²) in [5.41, 5.74) is 0.949. The van der Waals surface area contributed by atoms with Crippen LogP contribution in [0.2, 0.25) is 0 Å². The highest BCUT2D eigenvalue weighted by molar-refractivity contribution is 5.89. The van der Waals surface area contributed by atoms with E-state index in [4.69, 9.17) is 4.74 Å². The van der Waals surface area contributed by atoms with E-state index in [9.17, 15) is 9.59 Å². The summed E-state index contributed by atoms with van der Waals surface area (Å²) in [5, 5.41) is 0. The molecule has 3 heterocycles. The van der Waals surface area contributed by atoms with E-state index in [1.165, 1.54) is 0 Å². The van der Waals surface area contributed by atoms with Crippen molar-refractivity contribution in [3.05, 3.63) is 35.9 Å². The molecule has 3 saturated heterocycles. The van der Waals surface area contributed by atoms with Crippen molar-refractivity contribution in [1.29, 1.82) is 0 Å². The first kappa shape index (κ1) is 12.0. The second-order valence-corrected chi connectivity index (χ2v) is 5.07. The molecule has 19 heavy (non-hydrogen) atoms. The normalized spacial score (nSPS) is 25.0. The van der Waals surface area contributed by atoms with Crippen LogP contribution in [0, 0.1) is 0 Å². The number of amides is 2. The lowest BCUT2D eigenvalue weighted by Crippen LogP contribution is -2.71. The summed E-state index contributed by atoms with van der Waals surface area (Å²) in [6, 6.07) is 9.34. The zero-order chi connectivity index (χ0) is 13.4. The molecule has 5 heteroatoms. The van der Waals surface area contributed by atoms with Gasteiger partial charge in [-0.2, -0.15) is 0 Å². The maximum Gasteiger partial charge on any atom is 0.411 e. The van der Waals surface area contributed by atoms with Gasteiger partial charge in [-0.1, -0.05) is 30.3 Å².